The van der Waals surface area contributed by atoms with Crippen LogP contribution in [-0.2, 0) is 0 Å². The number of fused-ring (bicyclic) bond motifs is 3. The minimum absolute atomic E-state index is 0.163. The van der Waals surface area contributed by atoms with Crippen molar-refractivity contribution in [3.63, 3.8) is 0 Å². The molecule has 0 aliphatic heterocycles. The molecule has 1 N–H and O–H groups in total. The van der Waals surface area contributed by atoms with E-state index < -0.39 is 0 Å². The van der Waals surface area contributed by atoms with E-state index in [1.807, 2.05) is 18.2 Å². The Hall–Kier alpha value is -2.67. The van der Waals surface area contributed by atoms with Crippen molar-refractivity contribution in [3.8, 4) is 11.6 Å². The number of hydrogen-bond donors (Lipinski definition) is 1. The number of benzene rings is 1. The highest BCUT2D eigenvalue weighted by molar-refractivity contribution is 9.10. The Morgan fingerprint density at radius 2 is 2.00 bits per heavy atom. The van der Waals surface area contributed by atoms with Gasteiger partial charge >= 0.3 is 0 Å². The summed E-state index contributed by atoms with van der Waals surface area (Å²) >= 11 is 3.43. The second kappa shape index (κ2) is 5.20. The van der Waals surface area contributed by atoms with Gasteiger partial charge in [-0.15, -0.1) is 0 Å². The van der Waals surface area contributed by atoms with E-state index in [-0.39, 0.29) is 5.56 Å². The van der Waals surface area contributed by atoms with Crippen LogP contribution < -0.4 is 10.3 Å². The molecule has 0 aliphatic carbocycles. The molecule has 0 aliphatic rings. The number of nitrogens with zero attached hydrogens (tertiary/aromatic N) is 3. The molecule has 23 heavy (non-hydrogen) atoms. The molecule has 4 aromatic rings. The standard InChI is InChI=1S/C16H11BrN4O2/c1-23-14-5-3-10(7-19-14)21-16(22)12-8-18-13-6-9(17)2-4-11(13)15(12)20-21/h2-8,20H,1H3. The van der Waals surface area contributed by atoms with E-state index in [9.17, 15) is 4.79 Å². The van der Waals surface area contributed by atoms with Crippen LogP contribution in [0.5, 0.6) is 5.88 Å². The molecule has 3 aromatic heterocycles. The molecule has 6 nitrogen and oxygen atoms in total. The predicted molar refractivity (Wildman–Crippen MR) is 91.2 cm³/mol. The highest BCUT2D eigenvalue weighted by Gasteiger charge is 2.12. The third-order valence-electron chi connectivity index (χ3n) is 3.68. The number of rotatable bonds is 2. The van der Waals surface area contributed by atoms with Crippen molar-refractivity contribution >= 4 is 37.7 Å². The van der Waals surface area contributed by atoms with Crippen molar-refractivity contribution in [1.82, 2.24) is 19.7 Å². The first-order valence-corrected chi connectivity index (χ1v) is 7.66. The molecule has 4 rings (SSSR count). The van der Waals surface area contributed by atoms with Crippen LogP contribution in [0.3, 0.4) is 0 Å². The highest BCUT2D eigenvalue weighted by atomic mass is 79.9. The lowest BCUT2D eigenvalue weighted by Gasteiger charge is -2.02. The number of H-pyrrole nitrogens is 1. The van der Waals surface area contributed by atoms with Gasteiger partial charge in [-0.2, -0.15) is 0 Å². The lowest BCUT2D eigenvalue weighted by molar-refractivity contribution is 0.397. The molecule has 0 fully saturated rings. The van der Waals surface area contributed by atoms with E-state index in [0.29, 0.717) is 17.0 Å². The fourth-order valence-corrected chi connectivity index (χ4v) is 2.89. The zero-order chi connectivity index (χ0) is 16.0. The van der Waals surface area contributed by atoms with Crippen LogP contribution in [0.4, 0.5) is 0 Å². The number of ether oxygens (including phenoxy) is 1. The molecule has 0 saturated carbocycles. The van der Waals surface area contributed by atoms with Gasteiger partial charge in [0.1, 0.15) is 0 Å². The normalized spacial score (nSPS) is 11.2. The van der Waals surface area contributed by atoms with Crippen molar-refractivity contribution in [3.05, 3.63) is 57.6 Å². The summed E-state index contributed by atoms with van der Waals surface area (Å²) in [6.07, 6.45) is 3.18. The number of aromatic amines is 1. The van der Waals surface area contributed by atoms with Gasteiger partial charge in [0.25, 0.3) is 5.56 Å². The Morgan fingerprint density at radius 3 is 2.74 bits per heavy atom. The van der Waals surface area contributed by atoms with Gasteiger partial charge in [0.05, 0.1) is 35.4 Å². The van der Waals surface area contributed by atoms with E-state index in [2.05, 4.69) is 31.0 Å². The Labute approximate surface area is 138 Å². The second-order valence-corrected chi connectivity index (χ2v) is 5.94. The average molecular weight is 371 g/mol. The van der Waals surface area contributed by atoms with Crippen LogP contribution in [0.1, 0.15) is 0 Å². The SMILES string of the molecule is COc1ccc(-n2[nH]c3c(cnc4cc(Br)ccc43)c2=O)cn1. The first-order valence-electron chi connectivity index (χ1n) is 6.87. The summed E-state index contributed by atoms with van der Waals surface area (Å²) < 4.78 is 7.44. The quantitative estimate of drug-likeness (QED) is 0.588. The smallest absolute Gasteiger partial charge is 0.280 e. The Kier molecular flexibility index (Phi) is 3.16. The van der Waals surface area contributed by atoms with Crippen molar-refractivity contribution in [2.24, 2.45) is 0 Å². The van der Waals surface area contributed by atoms with Crippen molar-refractivity contribution in [2.75, 3.05) is 7.11 Å². The number of hydrogen-bond acceptors (Lipinski definition) is 4. The van der Waals surface area contributed by atoms with E-state index in [4.69, 9.17) is 4.74 Å². The van der Waals surface area contributed by atoms with Crippen LogP contribution >= 0.6 is 15.9 Å². The molecule has 3 heterocycles. The molecule has 0 radical (unpaired) electrons. The van der Waals surface area contributed by atoms with Crippen LogP contribution in [0.15, 0.2) is 52.0 Å². The van der Waals surface area contributed by atoms with Gasteiger partial charge in [0.2, 0.25) is 5.88 Å². The fourth-order valence-electron chi connectivity index (χ4n) is 2.54. The first-order chi connectivity index (χ1) is 11.2. The largest absolute Gasteiger partial charge is 0.481 e. The summed E-state index contributed by atoms with van der Waals surface area (Å²) in [4.78, 5) is 21.1. The minimum atomic E-state index is -0.163. The predicted octanol–water partition coefficient (Wildman–Crippen LogP) is 3.03. The van der Waals surface area contributed by atoms with Gasteiger partial charge in [0.15, 0.2) is 0 Å². The molecular weight excluding hydrogens is 360 g/mol. The molecule has 114 valence electrons. The maximum absolute atomic E-state index is 12.6. The Bertz CT molecular complexity index is 1080. The molecule has 0 amide bonds. The number of nitrogens with one attached hydrogen (secondary N) is 1. The summed E-state index contributed by atoms with van der Waals surface area (Å²) in [7, 11) is 1.55. The molecule has 0 bridgehead atoms. The zero-order valence-corrected chi connectivity index (χ0v) is 13.7. The molecule has 0 spiro atoms. The topological polar surface area (TPSA) is 72.8 Å². The van der Waals surface area contributed by atoms with Gasteiger partial charge in [-0.3, -0.25) is 14.9 Å². The number of methoxy groups -OCH3 is 1. The Morgan fingerprint density at radius 1 is 1.13 bits per heavy atom. The summed E-state index contributed by atoms with van der Waals surface area (Å²) in [6, 6.07) is 9.25. The van der Waals surface area contributed by atoms with E-state index in [1.54, 1.807) is 31.6 Å². The fraction of sp³-hybridized carbons (Fsp3) is 0.0625. The van der Waals surface area contributed by atoms with Crippen molar-refractivity contribution in [1.29, 1.82) is 0 Å². The first kappa shape index (κ1) is 14.0. The van der Waals surface area contributed by atoms with Crippen LogP contribution in [0.2, 0.25) is 0 Å². The average Bonchev–Trinajstić information content (AvgIpc) is 2.92. The molecule has 7 heteroatoms. The monoisotopic (exact) mass is 370 g/mol. The Balaban J connectivity index is 1.99. The van der Waals surface area contributed by atoms with E-state index in [0.717, 1.165) is 20.9 Å². The van der Waals surface area contributed by atoms with Crippen molar-refractivity contribution < 1.29 is 4.74 Å². The van der Waals surface area contributed by atoms with Crippen LogP contribution in [0, 0.1) is 0 Å². The molecule has 1 aromatic carbocycles. The van der Waals surface area contributed by atoms with Gasteiger partial charge < -0.3 is 4.74 Å². The molecular formula is C16H11BrN4O2. The van der Waals surface area contributed by atoms with Gasteiger partial charge in [-0.1, -0.05) is 15.9 Å². The second-order valence-electron chi connectivity index (χ2n) is 5.02. The number of aromatic nitrogens is 4. The third-order valence-corrected chi connectivity index (χ3v) is 4.17. The number of pyridine rings is 2. The van der Waals surface area contributed by atoms with Crippen molar-refractivity contribution in [2.45, 2.75) is 0 Å². The van der Waals surface area contributed by atoms with Crippen LogP contribution in [-0.4, -0.2) is 26.9 Å². The number of halogens is 1. The zero-order valence-electron chi connectivity index (χ0n) is 12.1. The summed E-state index contributed by atoms with van der Waals surface area (Å²) in [5.74, 6) is 0.495. The minimum Gasteiger partial charge on any atom is -0.481 e. The lowest BCUT2D eigenvalue weighted by atomic mass is 10.2. The van der Waals surface area contributed by atoms with Gasteiger partial charge in [0, 0.05) is 22.1 Å². The summed E-state index contributed by atoms with van der Waals surface area (Å²) in [5.41, 5.74) is 2.04. The van der Waals surface area contributed by atoms with E-state index >= 15 is 0 Å². The summed E-state index contributed by atoms with van der Waals surface area (Å²) in [5, 5.41) is 4.58. The lowest BCUT2D eigenvalue weighted by Crippen LogP contribution is -2.14. The maximum atomic E-state index is 12.6. The van der Waals surface area contributed by atoms with Crippen LogP contribution in [0.25, 0.3) is 27.5 Å². The summed E-state index contributed by atoms with van der Waals surface area (Å²) in [6.45, 7) is 0. The van der Waals surface area contributed by atoms with Gasteiger partial charge in [-0.05, 0) is 24.3 Å². The van der Waals surface area contributed by atoms with E-state index in [1.165, 1.54) is 4.68 Å². The highest BCUT2D eigenvalue weighted by Crippen LogP contribution is 2.24. The maximum Gasteiger partial charge on any atom is 0.280 e. The molecule has 0 unspecified atom stereocenters. The van der Waals surface area contributed by atoms with Gasteiger partial charge in [-0.25, -0.2) is 9.67 Å². The third kappa shape index (κ3) is 2.20. The molecule has 0 saturated heterocycles. The molecule has 0 atom stereocenters.